The Morgan fingerprint density at radius 1 is 1.16 bits per heavy atom. The smallest absolute Gasteiger partial charge is 0.246 e. The molecule has 31 heavy (non-hydrogen) atoms. The summed E-state index contributed by atoms with van der Waals surface area (Å²) in [5.74, 6) is 2.39. The van der Waals surface area contributed by atoms with E-state index in [0.717, 1.165) is 11.3 Å². The summed E-state index contributed by atoms with van der Waals surface area (Å²) < 4.78 is 18.0. The van der Waals surface area contributed by atoms with Crippen molar-refractivity contribution in [2.24, 2.45) is 12.0 Å². The highest BCUT2D eigenvalue weighted by atomic mass is 16.5. The lowest BCUT2D eigenvalue weighted by Gasteiger charge is -2.35. The minimum absolute atomic E-state index is 0.00792. The molecule has 1 saturated heterocycles. The Kier molecular flexibility index (Phi) is 7.22. The molecule has 1 aromatic carbocycles. The second-order valence-corrected chi connectivity index (χ2v) is 7.00. The monoisotopic (exact) mass is 430 g/mol. The first-order valence-electron chi connectivity index (χ1n) is 10.1. The number of hydrogen-bond acceptors (Lipinski definition) is 6. The highest BCUT2D eigenvalue weighted by molar-refractivity contribution is 5.98. The zero-order chi connectivity index (χ0) is 22.4. The molecule has 0 spiro atoms. The van der Waals surface area contributed by atoms with Crippen LogP contribution in [-0.4, -0.2) is 74.1 Å². The normalized spacial score (nSPS) is 14.6. The molecule has 1 amide bonds. The summed E-state index contributed by atoms with van der Waals surface area (Å²) in [6.07, 6.45) is 3.55. The Labute approximate surface area is 182 Å². The summed E-state index contributed by atoms with van der Waals surface area (Å²) in [5.41, 5.74) is 1.67. The van der Waals surface area contributed by atoms with E-state index in [1.54, 1.807) is 37.1 Å². The highest BCUT2D eigenvalue weighted by Gasteiger charge is 2.27. The number of nitrogens with zero attached hydrogens (tertiary/aromatic N) is 5. The van der Waals surface area contributed by atoms with E-state index in [2.05, 4.69) is 10.4 Å². The van der Waals surface area contributed by atoms with Crippen molar-refractivity contribution in [3.8, 4) is 17.2 Å². The van der Waals surface area contributed by atoms with Crippen molar-refractivity contribution >= 4 is 17.6 Å². The van der Waals surface area contributed by atoms with Gasteiger partial charge in [0, 0.05) is 38.4 Å². The molecular formula is C21H30N6O4. The van der Waals surface area contributed by atoms with Crippen LogP contribution in [0.15, 0.2) is 29.5 Å². The van der Waals surface area contributed by atoms with Crippen molar-refractivity contribution in [3.05, 3.63) is 30.1 Å². The van der Waals surface area contributed by atoms with E-state index in [1.165, 1.54) is 0 Å². The number of methoxy groups -OCH3 is 3. The lowest BCUT2D eigenvalue weighted by Crippen LogP contribution is -2.55. The van der Waals surface area contributed by atoms with E-state index < -0.39 is 0 Å². The van der Waals surface area contributed by atoms with Crippen LogP contribution < -0.4 is 24.4 Å². The zero-order valence-corrected chi connectivity index (χ0v) is 18.7. The molecule has 1 aromatic heterocycles. The number of carbonyl (C=O) groups excluding carboxylic acids is 1. The van der Waals surface area contributed by atoms with Gasteiger partial charge in [0.15, 0.2) is 17.5 Å². The van der Waals surface area contributed by atoms with Crippen molar-refractivity contribution in [3.63, 3.8) is 0 Å². The molecule has 0 radical (unpaired) electrons. The summed E-state index contributed by atoms with van der Waals surface area (Å²) in [6, 6.07) is 3.73. The Morgan fingerprint density at radius 3 is 2.52 bits per heavy atom. The minimum atomic E-state index is 0.00792. The number of rotatable bonds is 7. The molecule has 2 aromatic rings. The number of aryl methyl sites for hydroxylation is 1. The van der Waals surface area contributed by atoms with Crippen LogP contribution >= 0.6 is 0 Å². The van der Waals surface area contributed by atoms with Crippen LogP contribution in [0.3, 0.4) is 0 Å². The molecule has 1 N–H and O–H groups in total. The number of ether oxygens (including phenoxy) is 3. The van der Waals surface area contributed by atoms with Crippen molar-refractivity contribution < 1.29 is 19.0 Å². The summed E-state index contributed by atoms with van der Waals surface area (Å²) in [4.78, 5) is 21.2. The fourth-order valence-electron chi connectivity index (χ4n) is 3.55. The largest absolute Gasteiger partial charge is 0.493 e. The van der Waals surface area contributed by atoms with Crippen molar-refractivity contribution in [1.82, 2.24) is 20.0 Å². The number of amides is 1. The Hall–Kier alpha value is -3.43. The summed E-state index contributed by atoms with van der Waals surface area (Å²) in [6.45, 7) is 4.52. The van der Waals surface area contributed by atoms with E-state index in [1.807, 2.05) is 37.2 Å². The second-order valence-electron chi connectivity index (χ2n) is 7.00. The van der Waals surface area contributed by atoms with Gasteiger partial charge >= 0.3 is 0 Å². The van der Waals surface area contributed by atoms with Crippen LogP contribution in [-0.2, 0) is 18.4 Å². The number of anilines is 1. The lowest BCUT2D eigenvalue weighted by atomic mass is 10.1. The van der Waals surface area contributed by atoms with E-state index >= 15 is 0 Å². The molecule has 168 valence electrons. The Morgan fingerprint density at radius 2 is 1.94 bits per heavy atom. The van der Waals surface area contributed by atoms with Crippen molar-refractivity contribution in [2.75, 3.05) is 52.4 Å². The third kappa shape index (κ3) is 4.84. The zero-order valence-electron chi connectivity index (χ0n) is 18.7. The Bertz CT molecular complexity index is 942. The van der Waals surface area contributed by atoms with Gasteiger partial charge in [-0.05, 0) is 19.1 Å². The first kappa shape index (κ1) is 22.3. The predicted octanol–water partition coefficient (Wildman–Crippen LogP) is 1.26. The molecule has 0 atom stereocenters. The molecule has 2 heterocycles. The van der Waals surface area contributed by atoms with E-state index in [9.17, 15) is 4.79 Å². The summed E-state index contributed by atoms with van der Waals surface area (Å²) in [5, 5.41) is 7.44. The van der Waals surface area contributed by atoms with Gasteiger partial charge in [-0.25, -0.2) is 4.99 Å². The van der Waals surface area contributed by atoms with Gasteiger partial charge in [0.2, 0.25) is 11.7 Å². The molecule has 0 bridgehead atoms. The molecule has 0 unspecified atom stereocenters. The lowest BCUT2D eigenvalue weighted by molar-refractivity contribution is -0.120. The molecule has 0 saturated carbocycles. The molecule has 0 aliphatic carbocycles. The van der Waals surface area contributed by atoms with E-state index in [0.29, 0.717) is 49.4 Å². The standard InChI is InChI=1S/C21H30N6O4/c1-6-22-21(23-11-15-7-8-17(29-3)20(31-5)19(15)30-4)26-9-10-27(18(28)14-26)16-12-24-25(2)13-16/h7-8,12-13H,6,9-11,14H2,1-5H3,(H,22,23). The number of hydrogen-bond donors (Lipinski definition) is 1. The topological polar surface area (TPSA) is 93.5 Å². The average molecular weight is 431 g/mol. The number of piperazine rings is 1. The van der Waals surface area contributed by atoms with Crippen LogP contribution in [0.25, 0.3) is 0 Å². The van der Waals surface area contributed by atoms with Gasteiger partial charge in [-0.15, -0.1) is 0 Å². The number of aromatic nitrogens is 2. The molecule has 10 nitrogen and oxygen atoms in total. The summed E-state index contributed by atoms with van der Waals surface area (Å²) >= 11 is 0. The first-order valence-corrected chi connectivity index (χ1v) is 10.1. The van der Waals surface area contributed by atoms with E-state index in [4.69, 9.17) is 19.2 Å². The quantitative estimate of drug-likeness (QED) is 0.522. The molecular weight excluding hydrogens is 400 g/mol. The molecule has 3 rings (SSSR count). The van der Waals surface area contributed by atoms with Gasteiger partial charge in [-0.1, -0.05) is 0 Å². The van der Waals surface area contributed by atoms with Gasteiger partial charge in [0.05, 0.1) is 39.8 Å². The van der Waals surface area contributed by atoms with Gasteiger partial charge in [0.25, 0.3) is 0 Å². The SMILES string of the molecule is CCNC(=NCc1ccc(OC)c(OC)c1OC)N1CCN(c2cnn(C)c2)C(=O)C1. The van der Waals surface area contributed by atoms with Crippen molar-refractivity contribution in [1.29, 1.82) is 0 Å². The van der Waals surface area contributed by atoms with Gasteiger partial charge < -0.3 is 29.3 Å². The first-order chi connectivity index (χ1) is 15.0. The second kappa shape index (κ2) is 10.1. The van der Waals surface area contributed by atoms with Crippen LogP contribution in [0.4, 0.5) is 5.69 Å². The van der Waals surface area contributed by atoms with Gasteiger partial charge in [-0.2, -0.15) is 5.10 Å². The van der Waals surface area contributed by atoms with Gasteiger partial charge in [-0.3, -0.25) is 9.48 Å². The third-order valence-corrected chi connectivity index (χ3v) is 5.04. The number of guanidine groups is 1. The Balaban J connectivity index is 1.78. The third-order valence-electron chi connectivity index (χ3n) is 5.04. The maximum atomic E-state index is 12.8. The fraction of sp³-hybridized carbons (Fsp3) is 0.476. The van der Waals surface area contributed by atoms with Crippen molar-refractivity contribution in [2.45, 2.75) is 13.5 Å². The maximum Gasteiger partial charge on any atom is 0.246 e. The highest BCUT2D eigenvalue weighted by Crippen LogP contribution is 2.40. The number of carbonyl (C=O) groups is 1. The van der Waals surface area contributed by atoms with Crippen LogP contribution in [0.2, 0.25) is 0 Å². The number of aliphatic imine (C=N–C) groups is 1. The van der Waals surface area contributed by atoms with Crippen LogP contribution in [0, 0.1) is 0 Å². The molecule has 1 aliphatic heterocycles. The molecule has 1 fully saturated rings. The fourth-order valence-corrected chi connectivity index (χ4v) is 3.55. The number of nitrogens with one attached hydrogen (secondary N) is 1. The average Bonchev–Trinajstić information content (AvgIpc) is 3.21. The van der Waals surface area contributed by atoms with E-state index in [-0.39, 0.29) is 12.5 Å². The van der Waals surface area contributed by atoms with Gasteiger partial charge in [0.1, 0.15) is 6.54 Å². The van der Waals surface area contributed by atoms with Crippen LogP contribution in [0.1, 0.15) is 12.5 Å². The minimum Gasteiger partial charge on any atom is -0.493 e. The summed E-state index contributed by atoms with van der Waals surface area (Å²) in [7, 11) is 6.58. The molecule has 1 aliphatic rings. The molecule has 10 heteroatoms. The number of benzene rings is 1. The predicted molar refractivity (Wildman–Crippen MR) is 118 cm³/mol. The maximum absolute atomic E-state index is 12.8. The van der Waals surface area contributed by atoms with Crippen LogP contribution in [0.5, 0.6) is 17.2 Å².